The van der Waals surface area contributed by atoms with Crippen molar-refractivity contribution >= 4 is 17.8 Å². The molecule has 0 bridgehead atoms. The van der Waals surface area contributed by atoms with Crippen molar-refractivity contribution in [1.82, 2.24) is 9.80 Å². The van der Waals surface area contributed by atoms with Crippen LogP contribution in [0.25, 0.3) is 0 Å². The molecular formula is C19H24N2O4. The summed E-state index contributed by atoms with van der Waals surface area (Å²) >= 11 is 0. The predicted octanol–water partition coefficient (Wildman–Crippen LogP) is 1.67. The number of aliphatic carboxylic acids is 1. The Morgan fingerprint density at radius 3 is 2.56 bits per heavy atom. The predicted molar refractivity (Wildman–Crippen MR) is 91.6 cm³/mol. The van der Waals surface area contributed by atoms with Crippen LogP contribution in [0.2, 0.25) is 0 Å². The van der Waals surface area contributed by atoms with Crippen LogP contribution in [0, 0.1) is 18.8 Å². The third-order valence-corrected chi connectivity index (χ3v) is 5.14. The summed E-state index contributed by atoms with van der Waals surface area (Å²) in [5, 5.41) is 9.17. The van der Waals surface area contributed by atoms with Gasteiger partial charge >= 0.3 is 5.97 Å². The van der Waals surface area contributed by atoms with Gasteiger partial charge in [0.1, 0.15) is 0 Å². The van der Waals surface area contributed by atoms with Crippen LogP contribution in [0.15, 0.2) is 24.3 Å². The summed E-state index contributed by atoms with van der Waals surface area (Å²) in [7, 11) is 0. The molecule has 2 aliphatic heterocycles. The summed E-state index contributed by atoms with van der Waals surface area (Å²) in [6.45, 7) is 3.80. The fourth-order valence-corrected chi connectivity index (χ4v) is 3.64. The lowest BCUT2D eigenvalue weighted by Crippen LogP contribution is -2.45. The molecule has 134 valence electrons. The second-order valence-corrected chi connectivity index (χ2v) is 7.12. The fourth-order valence-electron chi connectivity index (χ4n) is 3.64. The van der Waals surface area contributed by atoms with Gasteiger partial charge in [0.15, 0.2) is 0 Å². The van der Waals surface area contributed by atoms with Crippen LogP contribution < -0.4 is 0 Å². The number of nitrogens with zero attached hydrogens (tertiary/aromatic N) is 2. The van der Waals surface area contributed by atoms with E-state index in [1.807, 2.05) is 31.2 Å². The molecule has 25 heavy (non-hydrogen) atoms. The van der Waals surface area contributed by atoms with Gasteiger partial charge in [-0.2, -0.15) is 0 Å². The van der Waals surface area contributed by atoms with E-state index in [4.69, 9.17) is 0 Å². The number of hydrogen-bond donors (Lipinski definition) is 1. The Morgan fingerprint density at radius 1 is 1.16 bits per heavy atom. The highest BCUT2D eigenvalue weighted by Crippen LogP contribution is 2.25. The number of aryl methyl sites for hydroxylation is 1. The maximum absolute atomic E-state index is 12.7. The number of carboxylic acid groups (broad SMARTS) is 1. The average Bonchev–Trinajstić information content (AvgIpc) is 2.97. The fraction of sp³-hybridized carbons (Fsp3) is 0.526. The molecule has 0 unspecified atom stereocenters. The highest BCUT2D eigenvalue weighted by atomic mass is 16.4. The van der Waals surface area contributed by atoms with E-state index in [0.29, 0.717) is 32.5 Å². The molecule has 0 aromatic heterocycles. The summed E-state index contributed by atoms with van der Waals surface area (Å²) in [4.78, 5) is 39.5. The van der Waals surface area contributed by atoms with Crippen molar-refractivity contribution in [2.24, 2.45) is 11.8 Å². The highest BCUT2D eigenvalue weighted by molar-refractivity contribution is 5.89. The van der Waals surface area contributed by atoms with Crippen molar-refractivity contribution < 1.29 is 19.5 Å². The Hall–Kier alpha value is -2.37. The first-order valence-electron chi connectivity index (χ1n) is 8.79. The molecule has 0 radical (unpaired) electrons. The SMILES string of the molecule is Cc1ccc(CN2C[C@@H](C(=O)N3CCC[C@@H](C(=O)O)C3)CC2=O)cc1. The molecule has 6 nitrogen and oxygen atoms in total. The van der Waals surface area contributed by atoms with Gasteiger partial charge in [-0.05, 0) is 25.3 Å². The Bertz CT molecular complexity index is 671. The van der Waals surface area contributed by atoms with Crippen molar-refractivity contribution in [3.63, 3.8) is 0 Å². The molecule has 1 aromatic rings. The second-order valence-electron chi connectivity index (χ2n) is 7.12. The van der Waals surface area contributed by atoms with Crippen LogP contribution in [-0.2, 0) is 20.9 Å². The van der Waals surface area contributed by atoms with E-state index in [1.54, 1.807) is 9.80 Å². The summed E-state index contributed by atoms with van der Waals surface area (Å²) in [6, 6.07) is 8.02. The topological polar surface area (TPSA) is 77.9 Å². The highest BCUT2D eigenvalue weighted by Gasteiger charge is 2.38. The van der Waals surface area contributed by atoms with Crippen LogP contribution in [0.5, 0.6) is 0 Å². The minimum atomic E-state index is -0.846. The number of piperidine rings is 1. The summed E-state index contributed by atoms with van der Waals surface area (Å²) < 4.78 is 0. The Kier molecular flexibility index (Phi) is 5.06. The zero-order valence-electron chi connectivity index (χ0n) is 14.5. The lowest BCUT2D eigenvalue weighted by atomic mass is 9.96. The van der Waals surface area contributed by atoms with Crippen molar-refractivity contribution in [2.45, 2.75) is 32.7 Å². The molecule has 2 amide bonds. The number of amides is 2. The molecule has 1 aromatic carbocycles. The second kappa shape index (κ2) is 7.25. The standard InChI is InChI=1S/C19H24N2O4/c1-13-4-6-14(7-5-13)10-21-12-16(9-17(21)22)18(23)20-8-2-3-15(11-20)19(24)25/h4-7,15-16H,2-3,8-12H2,1H3,(H,24,25)/t15-,16+/m1/s1. The lowest BCUT2D eigenvalue weighted by Gasteiger charge is -2.32. The third kappa shape index (κ3) is 4.00. The van der Waals surface area contributed by atoms with Crippen LogP contribution >= 0.6 is 0 Å². The Morgan fingerprint density at radius 2 is 1.88 bits per heavy atom. The van der Waals surface area contributed by atoms with Gasteiger partial charge in [-0.1, -0.05) is 29.8 Å². The summed E-state index contributed by atoms with van der Waals surface area (Å²) in [6.07, 6.45) is 1.54. The van der Waals surface area contributed by atoms with Crippen LogP contribution in [-0.4, -0.2) is 52.3 Å². The molecule has 2 saturated heterocycles. The molecule has 2 heterocycles. The smallest absolute Gasteiger partial charge is 0.308 e. The molecule has 2 aliphatic rings. The lowest BCUT2D eigenvalue weighted by molar-refractivity contribution is -0.146. The number of carboxylic acids is 1. The van der Waals surface area contributed by atoms with Crippen molar-refractivity contribution in [3.8, 4) is 0 Å². The van der Waals surface area contributed by atoms with Gasteiger partial charge in [-0.15, -0.1) is 0 Å². The first-order valence-corrected chi connectivity index (χ1v) is 8.79. The van der Waals surface area contributed by atoms with E-state index >= 15 is 0 Å². The zero-order chi connectivity index (χ0) is 18.0. The van der Waals surface area contributed by atoms with E-state index in [9.17, 15) is 19.5 Å². The number of rotatable bonds is 4. The van der Waals surface area contributed by atoms with E-state index in [-0.39, 0.29) is 30.7 Å². The molecule has 0 aliphatic carbocycles. The molecule has 3 rings (SSSR count). The largest absolute Gasteiger partial charge is 0.481 e. The maximum atomic E-state index is 12.7. The van der Waals surface area contributed by atoms with Gasteiger partial charge in [0.25, 0.3) is 0 Å². The normalized spacial score (nSPS) is 23.8. The minimum absolute atomic E-state index is 0.00859. The van der Waals surface area contributed by atoms with Gasteiger partial charge < -0.3 is 14.9 Å². The van der Waals surface area contributed by atoms with Gasteiger partial charge in [-0.25, -0.2) is 0 Å². The van der Waals surface area contributed by atoms with E-state index in [1.165, 1.54) is 5.56 Å². The molecule has 6 heteroatoms. The summed E-state index contributed by atoms with van der Waals surface area (Å²) in [5.41, 5.74) is 2.22. The first-order chi connectivity index (χ1) is 11.9. The molecule has 0 saturated carbocycles. The van der Waals surface area contributed by atoms with Crippen molar-refractivity contribution in [3.05, 3.63) is 35.4 Å². The monoisotopic (exact) mass is 344 g/mol. The number of carbonyl (C=O) groups excluding carboxylic acids is 2. The quantitative estimate of drug-likeness (QED) is 0.901. The van der Waals surface area contributed by atoms with Gasteiger partial charge in [-0.3, -0.25) is 14.4 Å². The number of carbonyl (C=O) groups is 3. The molecule has 2 fully saturated rings. The Labute approximate surface area is 147 Å². The number of likely N-dealkylation sites (tertiary alicyclic amines) is 2. The third-order valence-electron chi connectivity index (χ3n) is 5.14. The van der Waals surface area contributed by atoms with Gasteiger partial charge in [0, 0.05) is 32.6 Å². The van der Waals surface area contributed by atoms with Gasteiger partial charge in [0.05, 0.1) is 11.8 Å². The van der Waals surface area contributed by atoms with Crippen LogP contribution in [0.4, 0.5) is 0 Å². The van der Waals surface area contributed by atoms with E-state index in [0.717, 1.165) is 5.56 Å². The average molecular weight is 344 g/mol. The van der Waals surface area contributed by atoms with Crippen LogP contribution in [0.3, 0.4) is 0 Å². The van der Waals surface area contributed by atoms with Gasteiger partial charge in [0.2, 0.25) is 11.8 Å². The molecule has 2 atom stereocenters. The molecule has 0 spiro atoms. The Balaban J connectivity index is 1.60. The van der Waals surface area contributed by atoms with Crippen molar-refractivity contribution in [1.29, 1.82) is 0 Å². The minimum Gasteiger partial charge on any atom is -0.481 e. The molecule has 1 N–H and O–H groups in total. The van der Waals surface area contributed by atoms with Crippen LogP contribution in [0.1, 0.15) is 30.4 Å². The number of hydrogen-bond acceptors (Lipinski definition) is 3. The first kappa shape index (κ1) is 17.5. The summed E-state index contributed by atoms with van der Waals surface area (Å²) in [5.74, 6) is -1.78. The van der Waals surface area contributed by atoms with E-state index < -0.39 is 11.9 Å². The van der Waals surface area contributed by atoms with Crippen molar-refractivity contribution in [2.75, 3.05) is 19.6 Å². The maximum Gasteiger partial charge on any atom is 0.308 e. The number of benzene rings is 1. The zero-order valence-corrected chi connectivity index (χ0v) is 14.5. The molecular weight excluding hydrogens is 320 g/mol. The van der Waals surface area contributed by atoms with E-state index in [2.05, 4.69) is 0 Å².